The van der Waals surface area contributed by atoms with Crippen molar-refractivity contribution in [3.8, 4) is 0 Å². The summed E-state index contributed by atoms with van der Waals surface area (Å²) in [6.07, 6.45) is 0. The van der Waals surface area contributed by atoms with Crippen LogP contribution in [-0.2, 0) is 33.8 Å². The summed E-state index contributed by atoms with van der Waals surface area (Å²) in [6.45, 7) is 0.444. The van der Waals surface area contributed by atoms with E-state index in [1.165, 1.54) is 0 Å². The smallest absolute Gasteiger partial charge is 0.543 e. The predicted octanol–water partition coefficient (Wildman–Crippen LogP) is -5.66. The van der Waals surface area contributed by atoms with Gasteiger partial charge in [0.1, 0.15) is 18.7 Å². The topological polar surface area (TPSA) is 176 Å². The summed E-state index contributed by atoms with van der Waals surface area (Å²) in [5.74, 6) is -5.06. The van der Waals surface area contributed by atoms with E-state index >= 15 is 0 Å². The molecule has 0 aromatic heterocycles. The number of aliphatic carboxylic acids is 1. The third-order valence-corrected chi connectivity index (χ3v) is 6.71. The minimum Gasteiger partial charge on any atom is -0.543 e. The average molecular weight is 476 g/mol. The van der Waals surface area contributed by atoms with Crippen molar-refractivity contribution in [3.05, 3.63) is 47.2 Å². The SMILES string of the molecule is CC(=O)OCC1=C(C(=O)[O-])N2C(=O)[C@H](NC(=O)C(N)c3ccccc3)[C@@H]2S(=O)(=O)C1.[K+]. The van der Waals surface area contributed by atoms with Crippen LogP contribution in [0.4, 0.5) is 0 Å². The summed E-state index contributed by atoms with van der Waals surface area (Å²) < 4.78 is 30.1. The fourth-order valence-electron chi connectivity index (χ4n) is 3.37. The van der Waals surface area contributed by atoms with Gasteiger partial charge in [-0.3, -0.25) is 19.3 Å². The molecule has 0 aliphatic carbocycles. The fourth-order valence-corrected chi connectivity index (χ4v) is 5.37. The van der Waals surface area contributed by atoms with Crippen LogP contribution >= 0.6 is 0 Å². The Morgan fingerprint density at radius 2 is 1.90 bits per heavy atom. The summed E-state index contributed by atoms with van der Waals surface area (Å²) in [4.78, 5) is 48.1. The molecule has 1 aromatic rings. The van der Waals surface area contributed by atoms with E-state index in [1.54, 1.807) is 30.3 Å². The number of nitrogens with one attached hydrogen (secondary N) is 1. The van der Waals surface area contributed by atoms with E-state index < -0.39 is 69.1 Å². The van der Waals surface area contributed by atoms with Gasteiger partial charge in [-0.1, -0.05) is 30.3 Å². The normalized spacial score (nSPS) is 22.4. The maximum atomic E-state index is 12.7. The van der Waals surface area contributed by atoms with Gasteiger partial charge < -0.3 is 25.7 Å². The number of carbonyl (C=O) groups is 4. The van der Waals surface area contributed by atoms with Gasteiger partial charge in [-0.05, 0) is 5.56 Å². The molecule has 13 heteroatoms. The van der Waals surface area contributed by atoms with E-state index in [9.17, 15) is 32.7 Å². The van der Waals surface area contributed by atoms with E-state index in [1.807, 2.05) is 0 Å². The first-order valence-corrected chi connectivity index (χ1v) is 10.5. The fraction of sp³-hybridized carbons (Fsp3) is 0.333. The largest absolute Gasteiger partial charge is 1.00 e. The molecule has 0 saturated carbocycles. The van der Waals surface area contributed by atoms with Crippen LogP contribution in [-0.4, -0.2) is 60.8 Å². The van der Waals surface area contributed by atoms with Crippen LogP contribution < -0.4 is 67.5 Å². The number of β-lactam (4-membered cyclic amide) rings is 1. The molecule has 3 atom stereocenters. The Morgan fingerprint density at radius 1 is 1.29 bits per heavy atom. The number of esters is 1. The molecular formula is C18H18KN3O8S. The molecule has 1 fully saturated rings. The summed E-state index contributed by atoms with van der Waals surface area (Å²) in [6, 6.07) is 5.57. The monoisotopic (exact) mass is 475 g/mol. The van der Waals surface area contributed by atoms with E-state index in [-0.39, 0.29) is 57.0 Å². The van der Waals surface area contributed by atoms with Crippen LogP contribution in [0.15, 0.2) is 41.6 Å². The van der Waals surface area contributed by atoms with Crippen molar-refractivity contribution in [1.82, 2.24) is 10.2 Å². The van der Waals surface area contributed by atoms with E-state index in [4.69, 9.17) is 10.5 Å². The third-order valence-electron chi connectivity index (χ3n) is 4.74. The van der Waals surface area contributed by atoms with Gasteiger partial charge in [-0.15, -0.1) is 0 Å². The number of hydrogen-bond acceptors (Lipinski definition) is 9. The Morgan fingerprint density at radius 3 is 2.45 bits per heavy atom. The molecule has 1 saturated heterocycles. The van der Waals surface area contributed by atoms with Crippen LogP contribution in [0, 0.1) is 0 Å². The summed E-state index contributed by atoms with van der Waals surface area (Å²) in [5.41, 5.74) is 5.34. The third kappa shape index (κ3) is 5.08. The molecule has 0 bridgehead atoms. The first-order valence-electron chi connectivity index (χ1n) is 8.77. The minimum atomic E-state index is -4.10. The van der Waals surface area contributed by atoms with Gasteiger partial charge in [-0.25, -0.2) is 8.42 Å². The molecular weight excluding hydrogens is 457 g/mol. The zero-order valence-electron chi connectivity index (χ0n) is 16.7. The molecule has 2 heterocycles. The molecule has 0 radical (unpaired) electrons. The zero-order chi connectivity index (χ0) is 22.2. The number of fused-ring (bicyclic) bond motifs is 1. The van der Waals surface area contributed by atoms with Gasteiger partial charge in [0.05, 0.1) is 17.4 Å². The average Bonchev–Trinajstić information content (AvgIpc) is 2.69. The van der Waals surface area contributed by atoms with Crippen molar-refractivity contribution in [2.45, 2.75) is 24.4 Å². The molecule has 2 amide bonds. The van der Waals surface area contributed by atoms with Gasteiger partial charge in [-0.2, -0.15) is 0 Å². The van der Waals surface area contributed by atoms with Crippen molar-refractivity contribution < 1.29 is 88.8 Å². The van der Waals surface area contributed by atoms with Crippen molar-refractivity contribution in [2.24, 2.45) is 5.73 Å². The number of rotatable bonds is 6. The maximum absolute atomic E-state index is 12.7. The molecule has 31 heavy (non-hydrogen) atoms. The van der Waals surface area contributed by atoms with Gasteiger partial charge in [0.25, 0.3) is 5.91 Å². The van der Waals surface area contributed by atoms with Gasteiger partial charge in [0, 0.05) is 12.5 Å². The molecule has 1 unspecified atom stereocenters. The number of sulfone groups is 1. The second kappa shape index (κ2) is 9.89. The molecule has 11 nitrogen and oxygen atoms in total. The van der Waals surface area contributed by atoms with Crippen LogP contribution in [0.3, 0.4) is 0 Å². The molecule has 1 aromatic carbocycles. The van der Waals surface area contributed by atoms with Crippen LogP contribution in [0.25, 0.3) is 0 Å². The van der Waals surface area contributed by atoms with E-state index in [0.29, 0.717) is 10.5 Å². The van der Waals surface area contributed by atoms with Gasteiger partial charge in [0.15, 0.2) is 15.2 Å². The first-order chi connectivity index (χ1) is 14.0. The molecule has 2 aliphatic heterocycles. The number of carboxylic acid groups (broad SMARTS) is 1. The van der Waals surface area contributed by atoms with Gasteiger partial charge in [0.2, 0.25) is 5.91 Å². The van der Waals surface area contributed by atoms with Crippen molar-refractivity contribution >= 4 is 33.6 Å². The number of nitrogens with zero attached hydrogens (tertiary/aromatic N) is 1. The Kier molecular flexibility index (Phi) is 8.19. The number of benzene rings is 1. The Hall–Kier alpha value is -1.61. The number of hydrogen-bond donors (Lipinski definition) is 2. The number of carboxylic acids is 1. The summed E-state index contributed by atoms with van der Waals surface area (Å²) in [5, 5.41) is 12.2. The molecule has 3 N–H and O–H groups in total. The van der Waals surface area contributed by atoms with E-state index in [2.05, 4.69) is 5.32 Å². The number of nitrogens with two attached hydrogens (primary N) is 1. The van der Waals surface area contributed by atoms with Crippen LogP contribution in [0.2, 0.25) is 0 Å². The summed E-state index contributed by atoms with van der Waals surface area (Å²) >= 11 is 0. The number of amides is 2. The van der Waals surface area contributed by atoms with Crippen molar-refractivity contribution in [3.63, 3.8) is 0 Å². The van der Waals surface area contributed by atoms with Crippen molar-refractivity contribution in [1.29, 1.82) is 0 Å². The second-order valence-electron chi connectivity index (χ2n) is 6.80. The Balaban J connectivity index is 0.00000341. The molecule has 160 valence electrons. The zero-order valence-corrected chi connectivity index (χ0v) is 20.7. The quantitative estimate of drug-likeness (QED) is 0.231. The molecule has 0 spiro atoms. The van der Waals surface area contributed by atoms with Crippen LogP contribution in [0.1, 0.15) is 18.5 Å². The van der Waals surface area contributed by atoms with E-state index in [0.717, 1.165) is 6.92 Å². The maximum Gasteiger partial charge on any atom is 1.00 e. The predicted molar refractivity (Wildman–Crippen MR) is 98.4 cm³/mol. The number of carbonyl (C=O) groups excluding carboxylic acids is 4. The Labute approximate surface area is 220 Å². The summed E-state index contributed by atoms with van der Waals surface area (Å²) in [7, 11) is -4.10. The number of ether oxygens (including phenoxy) is 1. The second-order valence-corrected chi connectivity index (χ2v) is 8.90. The van der Waals surface area contributed by atoms with Gasteiger partial charge >= 0.3 is 57.4 Å². The first kappa shape index (κ1) is 25.6. The van der Waals surface area contributed by atoms with Crippen LogP contribution in [0.5, 0.6) is 0 Å². The molecule has 3 rings (SSSR count). The van der Waals surface area contributed by atoms with Crippen molar-refractivity contribution in [2.75, 3.05) is 12.4 Å². The molecule has 2 aliphatic rings. The standard InChI is InChI=1S/C18H19N3O8S.K/c1-9(22)29-7-11-8-30(27,28)17-13(16(24)21(17)14(11)18(25)26)20-15(23)12(19)10-5-3-2-4-6-10;/h2-6,12-13,17H,7-8,19H2,1H3,(H,20,23)(H,25,26);/q;+1/p-1/t12?,13-,17-;/m0./s1. The minimum absolute atomic E-state index is 0. The Bertz CT molecular complexity index is 1060.